The second kappa shape index (κ2) is 10.8. The van der Waals surface area contributed by atoms with Gasteiger partial charge in [-0.05, 0) is 31.5 Å². The zero-order valence-electron chi connectivity index (χ0n) is 15.0. The number of furan rings is 1. The van der Waals surface area contributed by atoms with E-state index in [0.29, 0.717) is 0 Å². The Balaban J connectivity index is 0.00000243. The Hall–Kier alpha value is -2.03. The average Bonchev–Trinajstić information content (AvgIpc) is 3.27. The van der Waals surface area contributed by atoms with Crippen LogP contribution in [0, 0.1) is 0 Å². The Morgan fingerprint density at radius 2 is 2.12 bits per heavy atom. The van der Waals surface area contributed by atoms with Crippen molar-refractivity contribution in [3.05, 3.63) is 54.6 Å². The molecular weight excluding hydrogens is 441 g/mol. The minimum Gasteiger partial charge on any atom is -0.461 e. The van der Waals surface area contributed by atoms with Gasteiger partial charge in [-0.25, -0.2) is 0 Å². The molecule has 3 rings (SSSR count). The first kappa shape index (κ1) is 20.3. The summed E-state index contributed by atoms with van der Waals surface area (Å²) >= 11 is 0. The number of benzene rings is 1. The molecule has 0 unspecified atom stereocenters. The number of hydrogen-bond donors (Lipinski definition) is 2. The third-order valence-corrected chi connectivity index (χ3v) is 3.86. The summed E-state index contributed by atoms with van der Waals surface area (Å²) < 4.78 is 7.77. The van der Waals surface area contributed by atoms with E-state index in [2.05, 4.69) is 39.8 Å². The maximum Gasteiger partial charge on any atom is 0.191 e. The van der Waals surface area contributed by atoms with Gasteiger partial charge in [0.15, 0.2) is 5.96 Å². The summed E-state index contributed by atoms with van der Waals surface area (Å²) in [6.07, 6.45) is 5.56. The summed E-state index contributed by atoms with van der Waals surface area (Å²) in [6.45, 7) is 5.34. The first-order chi connectivity index (χ1) is 12.3. The van der Waals surface area contributed by atoms with Crippen molar-refractivity contribution in [3.63, 3.8) is 0 Å². The Morgan fingerprint density at radius 3 is 2.88 bits per heavy atom. The molecule has 2 N–H and O–H groups in total. The number of guanidine groups is 1. The lowest BCUT2D eigenvalue weighted by Crippen LogP contribution is -2.38. The summed E-state index contributed by atoms with van der Waals surface area (Å²) in [7, 11) is 0. The molecule has 2 aromatic heterocycles. The van der Waals surface area contributed by atoms with Gasteiger partial charge in [0.2, 0.25) is 0 Å². The molecule has 0 amide bonds. The summed E-state index contributed by atoms with van der Waals surface area (Å²) in [5.41, 5.74) is 0.941. The van der Waals surface area contributed by atoms with Crippen LogP contribution in [-0.2, 0) is 13.0 Å². The Bertz CT molecular complexity index is 764. The zero-order chi connectivity index (χ0) is 17.3. The number of aromatic nitrogens is 2. The minimum atomic E-state index is 0. The number of nitrogens with one attached hydrogen (secondary N) is 2. The largest absolute Gasteiger partial charge is 0.461 e. The van der Waals surface area contributed by atoms with Gasteiger partial charge in [0.1, 0.15) is 11.3 Å². The molecule has 0 aliphatic rings. The molecule has 0 aliphatic carbocycles. The number of para-hydroxylation sites is 1. The van der Waals surface area contributed by atoms with Crippen LogP contribution in [0.3, 0.4) is 0 Å². The van der Waals surface area contributed by atoms with Crippen LogP contribution in [-0.4, -0.2) is 35.4 Å². The molecule has 26 heavy (non-hydrogen) atoms. The van der Waals surface area contributed by atoms with E-state index in [-0.39, 0.29) is 24.0 Å². The van der Waals surface area contributed by atoms with Gasteiger partial charge in [-0.3, -0.25) is 9.67 Å². The lowest BCUT2D eigenvalue weighted by molar-refractivity contribution is 0.544. The molecule has 0 bridgehead atoms. The smallest absolute Gasteiger partial charge is 0.191 e. The summed E-state index contributed by atoms with van der Waals surface area (Å²) in [4.78, 5) is 4.61. The Morgan fingerprint density at radius 1 is 1.23 bits per heavy atom. The minimum absolute atomic E-state index is 0. The van der Waals surface area contributed by atoms with Crippen molar-refractivity contribution < 1.29 is 4.42 Å². The number of rotatable bonds is 8. The average molecular weight is 467 g/mol. The molecule has 0 atom stereocenters. The van der Waals surface area contributed by atoms with E-state index in [0.717, 1.165) is 61.7 Å². The van der Waals surface area contributed by atoms with E-state index in [1.54, 1.807) is 6.20 Å². The fourth-order valence-electron chi connectivity index (χ4n) is 2.66. The topological polar surface area (TPSA) is 67.4 Å². The van der Waals surface area contributed by atoms with Gasteiger partial charge in [0.25, 0.3) is 0 Å². The number of nitrogens with zero attached hydrogens (tertiary/aromatic N) is 3. The van der Waals surface area contributed by atoms with Gasteiger partial charge < -0.3 is 15.1 Å². The third kappa shape index (κ3) is 6.05. The molecule has 140 valence electrons. The van der Waals surface area contributed by atoms with Gasteiger partial charge in [-0.15, -0.1) is 24.0 Å². The highest BCUT2D eigenvalue weighted by atomic mass is 127. The van der Waals surface area contributed by atoms with Gasteiger partial charge in [-0.2, -0.15) is 5.10 Å². The fourth-order valence-corrected chi connectivity index (χ4v) is 2.66. The van der Waals surface area contributed by atoms with Crippen LogP contribution < -0.4 is 10.6 Å². The van der Waals surface area contributed by atoms with Gasteiger partial charge in [0.05, 0.1) is 0 Å². The van der Waals surface area contributed by atoms with Crippen molar-refractivity contribution in [3.8, 4) is 0 Å². The second-order valence-corrected chi connectivity index (χ2v) is 5.81. The number of aryl methyl sites for hydroxylation is 1. The molecule has 3 aromatic rings. The van der Waals surface area contributed by atoms with Crippen LogP contribution in [0.2, 0.25) is 0 Å². The quantitative estimate of drug-likeness (QED) is 0.231. The van der Waals surface area contributed by atoms with E-state index in [1.165, 1.54) is 0 Å². The van der Waals surface area contributed by atoms with Crippen LogP contribution in [0.1, 0.15) is 19.1 Å². The third-order valence-electron chi connectivity index (χ3n) is 3.86. The first-order valence-electron chi connectivity index (χ1n) is 8.82. The zero-order valence-corrected chi connectivity index (χ0v) is 17.3. The van der Waals surface area contributed by atoms with Crippen molar-refractivity contribution >= 4 is 40.9 Å². The predicted molar refractivity (Wildman–Crippen MR) is 116 cm³/mol. The first-order valence-corrected chi connectivity index (χ1v) is 8.82. The summed E-state index contributed by atoms with van der Waals surface area (Å²) in [6, 6.07) is 12.1. The fraction of sp³-hybridized carbons (Fsp3) is 0.368. The molecule has 7 heteroatoms. The molecule has 2 heterocycles. The molecule has 0 saturated carbocycles. The summed E-state index contributed by atoms with van der Waals surface area (Å²) in [5.74, 6) is 1.84. The highest BCUT2D eigenvalue weighted by Crippen LogP contribution is 2.18. The normalized spacial score (nSPS) is 11.3. The SMILES string of the molecule is CCNC(=NCCCn1cccn1)NCCc1cc2ccccc2o1.I. The van der Waals surface area contributed by atoms with Gasteiger partial charge >= 0.3 is 0 Å². The molecule has 6 nitrogen and oxygen atoms in total. The number of halogens is 1. The highest BCUT2D eigenvalue weighted by Gasteiger charge is 2.03. The highest BCUT2D eigenvalue weighted by molar-refractivity contribution is 14.0. The number of fused-ring (bicyclic) bond motifs is 1. The van der Waals surface area contributed by atoms with Crippen LogP contribution in [0.4, 0.5) is 0 Å². The molecule has 0 radical (unpaired) electrons. The van der Waals surface area contributed by atoms with Gasteiger partial charge in [0, 0.05) is 50.4 Å². The Labute approximate surface area is 171 Å². The van der Waals surface area contributed by atoms with E-state index >= 15 is 0 Å². The second-order valence-electron chi connectivity index (χ2n) is 5.81. The maximum absolute atomic E-state index is 5.84. The number of aliphatic imine (C=N–C) groups is 1. The molecule has 0 spiro atoms. The lowest BCUT2D eigenvalue weighted by atomic mass is 10.2. The Kier molecular flexibility index (Phi) is 8.46. The van der Waals surface area contributed by atoms with Crippen molar-refractivity contribution in [2.45, 2.75) is 26.3 Å². The molecule has 1 aromatic carbocycles. The van der Waals surface area contributed by atoms with Crippen LogP contribution in [0.25, 0.3) is 11.0 Å². The standard InChI is InChI=1S/C19H25N5O.HI/c1-2-20-19(21-10-5-13-24-14-6-11-23-24)22-12-9-17-15-16-7-3-4-8-18(16)25-17;/h3-4,6-8,11,14-15H,2,5,9-10,12-13H2,1H3,(H2,20,21,22);1H. The van der Waals surface area contributed by atoms with Crippen molar-refractivity contribution in [2.24, 2.45) is 4.99 Å². The lowest BCUT2D eigenvalue weighted by Gasteiger charge is -2.10. The van der Waals surface area contributed by atoms with Crippen LogP contribution in [0.15, 0.2) is 58.2 Å². The van der Waals surface area contributed by atoms with E-state index in [1.807, 2.05) is 35.1 Å². The molecule has 0 saturated heterocycles. The molecule has 0 fully saturated rings. The van der Waals surface area contributed by atoms with E-state index in [9.17, 15) is 0 Å². The predicted octanol–water partition coefficient (Wildman–Crippen LogP) is 3.44. The summed E-state index contributed by atoms with van der Waals surface area (Å²) in [5, 5.41) is 12.0. The van der Waals surface area contributed by atoms with Crippen molar-refractivity contribution in [1.29, 1.82) is 0 Å². The van der Waals surface area contributed by atoms with Crippen LogP contribution >= 0.6 is 24.0 Å². The maximum atomic E-state index is 5.84. The van der Waals surface area contributed by atoms with E-state index < -0.39 is 0 Å². The van der Waals surface area contributed by atoms with Crippen LogP contribution in [0.5, 0.6) is 0 Å². The molecular formula is C19H26IN5O. The molecule has 0 aliphatic heterocycles. The van der Waals surface area contributed by atoms with Crippen molar-refractivity contribution in [2.75, 3.05) is 19.6 Å². The van der Waals surface area contributed by atoms with Crippen molar-refractivity contribution in [1.82, 2.24) is 20.4 Å². The van der Waals surface area contributed by atoms with Gasteiger partial charge in [-0.1, -0.05) is 18.2 Å². The van der Waals surface area contributed by atoms with E-state index in [4.69, 9.17) is 4.42 Å². The monoisotopic (exact) mass is 467 g/mol. The number of hydrogen-bond acceptors (Lipinski definition) is 3.